The highest BCUT2D eigenvalue weighted by molar-refractivity contribution is 5.88. The molecule has 2 rings (SSSR count). The van der Waals surface area contributed by atoms with Gasteiger partial charge in [0, 0.05) is 19.2 Å². The molecule has 1 unspecified atom stereocenters. The topological polar surface area (TPSA) is 32.3 Å². The van der Waals surface area contributed by atoms with Gasteiger partial charge < -0.3 is 10.2 Å². The highest BCUT2D eigenvalue weighted by Gasteiger charge is 2.24. The maximum Gasteiger partial charge on any atom is 0.221 e. The number of hydrogen-bond donors (Lipinski definition) is 1. The zero-order chi connectivity index (χ0) is 15.2. The first-order valence-corrected chi connectivity index (χ1v) is 8.26. The zero-order valence-electron chi connectivity index (χ0n) is 13.6. The van der Waals surface area contributed by atoms with Gasteiger partial charge in [-0.05, 0) is 68.0 Å². The fraction of sp³-hybridized carbons (Fsp3) is 0.611. The molecule has 0 heterocycles. The average Bonchev–Trinajstić information content (AvgIpc) is 2.81. The summed E-state index contributed by atoms with van der Waals surface area (Å²) in [5.41, 5.74) is 3.84. The molecule has 3 nitrogen and oxygen atoms in total. The first kappa shape index (κ1) is 16.0. The lowest BCUT2D eigenvalue weighted by atomic mass is 9.99. The van der Waals surface area contributed by atoms with Gasteiger partial charge in [-0.3, -0.25) is 4.79 Å². The van der Waals surface area contributed by atoms with E-state index in [9.17, 15) is 4.79 Å². The van der Waals surface area contributed by atoms with Gasteiger partial charge in [-0.1, -0.05) is 19.9 Å². The Bertz CT molecular complexity index is 478. The van der Waals surface area contributed by atoms with Crippen molar-refractivity contribution < 1.29 is 4.79 Å². The number of benzene rings is 1. The molecule has 1 aromatic rings. The predicted molar refractivity (Wildman–Crippen MR) is 88.8 cm³/mol. The Hall–Kier alpha value is -1.35. The van der Waals surface area contributed by atoms with Gasteiger partial charge in [0.15, 0.2) is 0 Å². The van der Waals surface area contributed by atoms with Gasteiger partial charge in [0.25, 0.3) is 0 Å². The molecule has 1 amide bonds. The minimum Gasteiger partial charge on any atom is -0.326 e. The minimum absolute atomic E-state index is 0.00286. The number of amides is 1. The molecule has 0 saturated heterocycles. The monoisotopic (exact) mass is 288 g/mol. The van der Waals surface area contributed by atoms with Crippen LogP contribution >= 0.6 is 0 Å². The van der Waals surface area contributed by atoms with E-state index >= 15 is 0 Å². The van der Waals surface area contributed by atoms with Crippen LogP contribution in [0.4, 0.5) is 5.69 Å². The summed E-state index contributed by atoms with van der Waals surface area (Å²) >= 11 is 0. The lowest BCUT2D eigenvalue weighted by molar-refractivity contribution is -0.114. The van der Waals surface area contributed by atoms with E-state index in [1.807, 2.05) is 6.07 Å². The Morgan fingerprint density at radius 1 is 1.29 bits per heavy atom. The van der Waals surface area contributed by atoms with Gasteiger partial charge in [0.1, 0.15) is 0 Å². The van der Waals surface area contributed by atoms with Crippen LogP contribution in [-0.4, -0.2) is 30.4 Å². The third kappa shape index (κ3) is 4.31. The Balaban J connectivity index is 2.09. The van der Waals surface area contributed by atoms with Gasteiger partial charge >= 0.3 is 0 Å². The summed E-state index contributed by atoms with van der Waals surface area (Å²) in [6.07, 6.45) is 4.84. The first-order valence-electron chi connectivity index (χ1n) is 8.26. The van der Waals surface area contributed by atoms with E-state index in [4.69, 9.17) is 0 Å². The van der Waals surface area contributed by atoms with Crippen LogP contribution in [0.25, 0.3) is 0 Å². The van der Waals surface area contributed by atoms with Gasteiger partial charge in [-0.2, -0.15) is 0 Å². The fourth-order valence-corrected chi connectivity index (χ4v) is 3.40. The van der Waals surface area contributed by atoms with Crippen molar-refractivity contribution in [3.05, 3.63) is 29.3 Å². The Kier molecular flexibility index (Phi) is 5.80. The summed E-state index contributed by atoms with van der Waals surface area (Å²) in [5.74, 6) is 0.620. The molecule has 0 radical (unpaired) electrons. The van der Waals surface area contributed by atoms with Crippen LogP contribution in [0.15, 0.2) is 18.2 Å². The van der Waals surface area contributed by atoms with Crippen molar-refractivity contribution in [1.82, 2.24) is 4.90 Å². The molecule has 1 N–H and O–H groups in total. The number of anilines is 1. The smallest absolute Gasteiger partial charge is 0.221 e. The Labute approximate surface area is 128 Å². The number of carbonyl (C=O) groups excluding carboxylic acids is 1. The second-order valence-electron chi connectivity index (χ2n) is 6.13. The normalized spacial score (nSPS) is 17.0. The van der Waals surface area contributed by atoms with Crippen molar-refractivity contribution in [2.75, 3.05) is 25.0 Å². The molecule has 0 aromatic heterocycles. The Morgan fingerprint density at radius 2 is 2.00 bits per heavy atom. The molecule has 0 bridgehead atoms. The van der Waals surface area contributed by atoms with E-state index in [0.29, 0.717) is 5.92 Å². The van der Waals surface area contributed by atoms with Crippen molar-refractivity contribution in [3.63, 3.8) is 0 Å². The zero-order valence-corrected chi connectivity index (χ0v) is 13.6. The van der Waals surface area contributed by atoms with E-state index in [1.54, 1.807) is 6.92 Å². The van der Waals surface area contributed by atoms with Crippen LogP contribution in [-0.2, 0) is 11.2 Å². The molecule has 1 aromatic carbocycles. The number of rotatable bonds is 7. The van der Waals surface area contributed by atoms with Gasteiger partial charge in [0.05, 0.1) is 0 Å². The summed E-state index contributed by atoms with van der Waals surface area (Å²) in [5, 5.41) is 2.91. The summed E-state index contributed by atoms with van der Waals surface area (Å²) < 4.78 is 0. The molecule has 0 saturated carbocycles. The van der Waals surface area contributed by atoms with Crippen molar-refractivity contribution in [2.45, 2.75) is 52.4 Å². The SMILES string of the molecule is CCCN(CCC)CC1CCc2ccc(NC(C)=O)cc21. The molecule has 1 aliphatic rings. The lowest BCUT2D eigenvalue weighted by Crippen LogP contribution is -2.29. The van der Waals surface area contributed by atoms with Crippen LogP contribution in [0.5, 0.6) is 0 Å². The third-order valence-electron chi connectivity index (χ3n) is 4.23. The van der Waals surface area contributed by atoms with E-state index in [0.717, 1.165) is 12.2 Å². The maximum absolute atomic E-state index is 11.2. The van der Waals surface area contributed by atoms with Gasteiger partial charge in [-0.15, -0.1) is 0 Å². The predicted octanol–water partition coefficient (Wildman–Crippen LogP) is 3.80. The maximum atomic E-state index is 11.2. The van der Waals surface area contributed by atoms with Crippen LogP contribution in [0.2, 0.25) is 0 Å². The molecule has 21 heavy (non-hydrogen) atoms. The Morgan fingerprint density at radius 3 is 2.62 bits per heavy atom. The van der Waals surface area contributed by atoms with E-state index in [-0.39, 0.29) is 5.91 Å². The summed E-state index contributed by atoms with van der Waals surface area (Å²) in [6, 6.07) is 6.40. The molecule has 0 fully saturated rings. The second kappa shape index (κ2) is 7.60. The summed E-state index contributed by atoms with van der Waals surface area (Å²) in [4.78, 5) is 13.8. The van der Waals surface area contributed by atoms with Crippen molar-refractivity contribution in [2.24, 2.45) is 0 Å². The average molecular weight is 288 g/mol. The lowest BCUT2D eigenvalue weighted by Gasteiger charge is -2.25. The molecule has 0 aliphatic heterocycles. The van der Waals surface area contributed by atoms with Crippen LogP contribution in [0, 0.1) is 0 Å². The number of aryl methyl sites for hydroxylation is 1. The third-order valence-corrected chi connectivity index (χ3v) is 4.23. The van der Waals surface area contributed by atoms with Gasteiger partial charge in [-0.25, -0.2) is 0 Å². The summed E-state index contributed by atoms with van der Waals surface area (Å²) in [6.45, 7) is 9.59. The minimum atomic E-state index is 0.00286. The van der Waals surface area contributed by atoms with Crippen LogP contribution in [0.1, 0.15) is 57.1 Å². The van der Waals surface area contributed by atoms with E-state index < -0.39 is 0 Å². The quantitative estimate of drug-likeness (QED) is 0.827. The number of carbonyl (C=O) groups is 1. The van der Waals surface area contributed by atoms with Crippen molar-refractivity contribution >= 4 is 11.6 Å². The van der Waals surface area contributed by atoms with Crippen LogP contribution in [0.3, 0.4) is 0 Å². The largest absolute Gasteiger partial charge is 0.326 e. The number of nitrogens with one attached hydrogen (secondary N) is 1. The van der Waals surface area contributed by atoms with Crippen LogP contribution < -0.4 is 5.32 Å². The summed E-state index contributed by atoms with van der Waals surface area (Å²) in [7, 11) is 0. The highest BCUT2D eigenvalue weighted by atomic mass is 16.1. The highest BCUT2D eigenvalue weighted by Crippen LogP contribution is 2.35. The van der Waals surface area contributed by atoms with E-state index in [2.05, 4.69) is 36.2 Å². The van der Waals surface area contributed by atoms with Gasteiger partial charge in [0.2, 0.25) is 5.91 Å². The van der Waals surface area contributed by atoms with Crippen molar-refractivity contribution in [1.29, 1.82) is 0 Å². The molecule has 1 atom stereocenters. The molecule has 1 aliphatic carbocycles. The molecule has 116 valence electrons. The fourth-order valence-electron chi connectivity index (χ4n) is 3.40. The molecule has 3 heteroatoms. The first-order chi connectivity index (χ1) is 10.1. The molecular weight excluding hydrogens is 260 g/mol. The molecular formula is C18H28N2O. The standard InChI is InChI=1S/C18H28N2O/c1-4-10-20(11-5-2)13-16-7-6-15-8-9-17(12-18(15)16)19-14(3)21/h8-9,12,16H,4-7,10-11,13H2,1-3H3,(H,19,21). The molecule has 0 spiro atoms. The number of fused-ring (bicyclic) bond motifs is 1. The second-order valence-corrected chi connectivity index (χ2v) is 6.13. The van der Waals surface area contributed by atoms with Crippen molar-refractivity contribution in [3.8, 4) is 0 Å². The number of nitrogens with zero attached hydrogens (tertiary/aromatic N) is 1. The number of hydrogen-bond acceptors (Lipinski definition) is 2. The van der Waals surface area contributed by atoms with E-state index in [1.165, 1.54) is 49.9 Å².